The van der Waals surface area contributed by atoms with Gasteiger partial charge in [0.1, 0.15) is 5.82 Å². The second-order valence-corrected chi connectivity index (χ2v) is 7.94. The summed E-state index contributed by atoms with van der Waals surface area (Å²) in [4.78, 5) is 19.2. The van der Waals surface area contributed by atoms with E-state index in [0.29, 0.717) is 23.4 Å². The number of carbonyl (C=O) groups excluding carboxylic acids is 1. The van der Waals surface area contributed by atoms with E-state index in [9.17, 15) is 13.6 Å². The van der Waals surface area contributed by atoms with Gasteiger partial charge in [0.05, 0.1) is 18.4 Å². The van der Waals surface area contributed by atoms with Crippen LogP contribution in [0.1, 0.15) is 28.8 Å². The van der Waals surface area contributed by atoms with Crippen LogP contribution in [-0.2, 0) is 6.54 Å². The standard InChI is InChI=1S/C25H25F2N3O2/c1-32-24-13-17(5-7-22(24)27)16-30-11-9-21(10-12-30)29-25(31)19-6-8-23(28-15-19)18-3-2-4-20(26)14-18/h2-8,13-15,21H,9-12,16H2,1H3,(H,29,31). The zero-order valence-electron chi connectivity index (χ0n) is 17.9. The Morgan fingerprint density at radius 1 is 1.12 bits per heavy atom. The lowest BCUT2D eigenvalue weighted by molar-refractivity contribution is 0.0908. The Balaban J connectivity index is 1.29. The highest BCUT2D eigenvalue weighted by molar-refractivity contribution is 5.94. The predicted molar refractivity (Wildman–Crippen MR) is 118 cm³/mol. The SMILES string of the molecule is COc1cc(CN2CCC(NC(=O)c3ccc(-c4cccc(F)c4)nc3)CC2)ccc1F. The Labute approximate surface area is 186 Å². The van der Waals surface area contributed by atoms with Gasteiger partial charge < -0.3 is 10.1 Å². The van der Waals surface area contributed by atoms with Crippen LogP contribution in [0.3, 0.4) is 0 Å². The van der Waals surface area contributed by atoms with Gasteiger partial charge in [0.2, 0.25) is 0 Å². The number of aromatic nitrogens is 1. The van der Waals surface area contributed by atoms with Gasteiger partial charge in [-0.15, -0.1) is 0 Å². The molecule has 2 heterocycles. The zero-order valence-corrected chi connectivity index (χ0v) is 17.9. The number of carbonyl (C=O) groups is 1. The van der Waals surface area contributed by atoms with Gasteiger partial charge in [-0.2, -0.15) is 0 Å². The summed E-state index contributed by atoms with van der Waals surface area (Å²) in [6.45, 7) is 2.38. The van der Waals surface area contributed by atoms with Crippen LogP contribution in [0.4, 0.5) is 8.78 Å². The van der Waals surface area contributed by atoms with Crippen molar-refractivity contribution in [2.45, 2.75) is 25.4 Å². The van der Waals surface area contributed by atoms with Crippen LogP contribution in [0.2, 0.25) is 0 Å². The number of benzene rings is 2. The monoisotopic (exact) mass is 437 g/mol. The maximum Gasteiger partial charge on any atom is 0.253 e. The second kappa shape index (κ2) is 9.87. The van der Waals surface area contributed by atoms with Crippen molar-refractivity contribution in [2.75, 3.05) is 20.2 Å². The third-order valence-electron chi connectivity index (χ3n) is 5.69. The summed E-state index contributed by atoms with van der Waals surface area (Å²) >= 11 is 0. The number of amides is 1. The molecular weight excluding hydrogens is 412 g/mol. The fraction of sp³-hybridized carbons (Fsp3) is 0.280. The van der Waals surface area contributed by atoms with Crippen molar-refractivity contribution in [2.24, 2.45) is 0 Å². The first-order valence-corrected chi connectivity index (χ1v) is 10.6. The van der Waals surface area contributed by atoms with Gasteiger partial charge in [-0.3, -0.25) is 14.7 Å². The molecule has 32 heavy (non-hydrogen) atoms. The Kier molecular flexibility index (Phi) is 6.75. The van der Waals surface area contributed by atoms with E-state index < -0.39 is 0 Å². The highest BCUT2D eigenvalue weighted by atomic mass is 19.1. The highest BCUT2D eigenvalue weighted by Crippen LogP contribution is 2.21. The van der Waals surface area contributed by atoms with Gasteiger partial charge >= 0.3 is 0 Å². The smallest absolute Gasteiger partial charge is 0.253 e. The Bertz CT molecular complexity index is 1080. The number of ether oxygens (including phenoxy) is 1. The Hall–Kier alpha value is -3.32. The van der Waals surface area contributed by atoms with Crippen molar-refractivity contribution in [3.05, 3.63) is 83.6 Å². The summed E-state index contributed by atoms with van der Waals surface area (Å²) in [5, 5.41) is 3.08. The minimum atomic E-state index is -0.365. The van der Waals surface area contributed by atoms with E-state index >= 15 is 0 Å². The summed E-state index contributed by atoms with van der Waals surface area (Å²) < 4.78 is 32.0. The molecule has 0 radical (unpaired) electrons. The number of piperidine rings is 1. The molecule has 0 unspecified atom stereocenters. The molecule has 1 aliphatic rings. The quantitative estimate of drug-likeness (QED) is 0.620. The fourth-order valence-electron chi connectivity index (χ4n) is 3.91. The van der Waals surface area contributed by atoms with Crippen molar-refractivity contribution < 1.29 is 18.3 Å². The third kappa shape index (κ3) is 5.29. The summed E-state index contributed by atoms with van der Waals surface area (Å²) in [6.07, 6.45) is 3.18. The van der Waals surface area contributed by atoms with Gasteiger partial charge in [-0.25, -0.2) is 8.78 Å². The molecular formula is C25H25F2N3O2. The lowest BCUT2D eigenvalue weighted by atomic mass is 10.0. The largest absolute Gasteiger partial charge is 0.494 e. The summed E-state index contributed by atoms with van der Waals surface area (Å²) in [5.74, 6) is -0.598. The average Bonchev–Trinajstić information content (AvgIpc) is 2.81. The summed E-state index contributed by atoms with van der Waals surface area (Å²) in [6, 6.07) is 14.6. The number of hydrogen-bond acceptors (Lipinski definition) is 4. The molecule has 1 amide bonds. The first-order valence-electron chi connectivity index (χ1n) is 10.6. The number of nitrogens with zero attached hydrogens (tertiary/aromatic N) is 2. The van der Waals surface area contributed by atoms with Gasteiger partial charge in [-0.05, 0) is 54.8 Å². The summed E-state index contributed by atoms with van der Waals surface area (Å²) in [7, 11) is 1.46. The number of halogens is 2. The first-order chi connectivity index (χ1) is 15.5. The minimum absolute atomic E-state index is 0.0874. The van der Waals surface area contributed by atoms with E-state index in [-0.39, 0.29) is 29.3 Å². The molecule has 0 aliphatic carbocycles. The van der Waals surface area contributed by atoms with Crippen molar-refractivity contribution in [1.82, 2.24) is 15.2 Å². The predicted octanol–water partition coefficient (Wildman–Crippen LogP) is 4.43. The molecule has 2 aromatic carbocycles. The third-order valence-corrected chi connectivity index (χ3v) is 5.69. The van der Waals surface area contributed by atoms with Crippen molar-refractivity contribution >= 4 is 5.91 Å². The van der Waals surface area contributed by atoms with E-state index in [1.807, 2.05) is 0 Å². The molecule has 0 saturated carbocycles. The molecule has 1 N–H and O–H groups in total. The van der Waals surface area contributed by atoms with Crippen LogP contribution >= 0.6 is 0 Å². The Morgan fingerprint density at radius 2 is 1.94 bits per heavy atom. The van der Waals surface area contributed by atoms with Crippen molar-refractivity contribution in [3.63, 3.8) is 0 Å². The number of rotatable bonds is 6. The summed E-state index contributed by atoms with van der Waals surface area (Å²) in [5.41, 5.74) is 2.76. The molecule has 1 aliphatic heterocycles. The molecule has 1 saturated heterocycles. The van der Waals surface area contributed by atoms with Crippen molar-refractivity contribution in [3.8, 4) is 17.0 Å². The molecule has 4 rings (SSSR count). The van der Waals surface area contributed by atoms with Crippen LogP contribution in [0.5, 0.6) is 5.75 Å². The van der Waals surface area contributed by atoms with Crippen LogP contribution in [0.15, 0.2) is 60.8 Å². The number of methoxy groups -OCH3 is 1. The second-order valence-electron chi connectivity index (χ2n) is 7.94. The molecule has 7 heteroatoms. The van der Waals surface area contributed by atoms with Gasteiger partial charge in [0.15, 0.2) is 11.6 Å². The number of pyridine rings is 1. The van der Waals surface area contributed by atoms with E-state index in [1.165, 1.54) is 31.5 Å². The van der Waals surface area contributed by atoms with Crippen molar-refractivity contribution in [1.29, 1.82) is 0 Å². The van der Waals surface area contributed by atoms with Crippen LogP contribution in [-0.4, -0.2) is 42.0 Å². The lowest BCUT2D eigenvalue weighted by Crippen LogP contribution is -2.44. The molecule has 166 valence electrons. The normalized spacial score (nSPS) is 14.8. The van der Waals surface area contributed by atoms with E-state index in [0.717, 1.165) is 31.5 Å². The fourth-order valence-corrected chi connectivity index (χ4v) is 3.91. The number of nitrogens with one attached hydrogen (secondary N) is 1. The van der Waals surface area contributed by atoms with E-state index in [1.54, 1.807) is 36.4 Å². The first kappa shape index (κ1) is 21.9. The Morgan fingerprint density at radius 3 is 2.62 bits per heavy atom. The van der Waals surface area contributed by atoms with Crippen LogP contribution < -0.4 is 10.1 Å². The van der Waals surface area contributed by atoms with Gasteiger partial charge in [0.25, 0.3) is 5.91 Å². The van der Waals surface area contributed by atoms with E-state index in [2.05, 4.69) is 15.2 Å². The van der Waals surface area contributed by atoms with Crippen LogP contribution in [0.25, 0.3) is 11.3 Å². The number of hydrogen-bond donors (Lipinski definition) is 1. The molecule has 0 atom stereocenters. The lowest BCUT2D eigenvalue weighted by Gasteiger charge is -2.32. The molecule has 5 nitrogen and oxygen atoms in total. The van der Waals surface area contributed by atoms with Gasteiger partial charge in [-0.1, -0.05) is 18.2 Å². The average molecular weight is 437 g/mol. The van der Waals surface area contributed by atoms with E-state index in [4.69, 9.17) is 4.74 Å². The molecule has 1 aromatic heterocycles. The van der Waals surface area contributed by atoms with Crippen LogP contribution in [0, 0.1) is 11.6 Å². The van der Waals surface area contributed by atoms with Gasteiger partial charge in [0, 0.05) is 37.4 Å². The molecule has 3 aromatic rings. The zero-order chi connectivity index (χ0) is 22.5. The maximum atomic E-state index is 13.6. The highest BCUT2D eigenvalue weighted by Gasteiger charge is 2.21. The maximum absolute atomic E-state index is 13.6. The molecule has 0 spiro atoms. The topological polar surface area (TPSA) is 54.5 Å². The molecule has 0 bridgehead atoms. The molecule has 1 fully saturated rings. The number of likely N-dealkylation sites (tertiary alicyclic amines) is 1. The minimum Gasteiger partial charge on any atom is -0.494 e.